The lowest BCUT2D eigenvalue weighted by molar-refractivity contribution is -0.136. The first-order valence-electron chi connectivity index (χ1n) is 8.58. The van der Waals surface area contributed by atoms with Crippen LogP contribution in [-0.4, -0.2) is 17.7 Å². The van der Waals surface area contributed by atoms with Gasteiger partial charge in [-0.1, -0.05) is 56.7 Å². The number of ether oxygens (including phenoxy) is 2. The molecule has 0 bridgehead atoms. The second-order valence-electron chi connectivity index (χ2n) is 5.99. The van der Waals surface area contributed by atoms with E-state index < -0.39 is 5.97 Å². The van der Waals surface area contributed by atoms with Crippen LogP contribution in [0.2, 0.25) is 0 Å². The molecular formula is C21H25O4. The van der Waals surface area contributed by atoms with Gasteiger partial charge in [0, 0.05) is 17.5 Å². The summed E-state index contributed by atoms with van der Waals surface area (Å²) >= 11 is 0. The molecule has 2 rings (SSSR count). The van der Waals surface area contributed by atoms with Gasteiger partial charge in [0.25, 0.3) is 0 Å². The van der Waals surface area contributed by atoms with Crippen molar-refractivity contribution in [1.82, 2.24) is 0 Å². The van der Waals surface area contributed by atoms with Crippen LogP contribution in [0.4, 0.5) is 0 Å². The van der Waals surface area contributed by atoms with Crippen LogP contribution < -0.4 is 9.47 Å². The predicted octanol–water partition coefficient (Wildman–Crippen LogP) is 4.86. The van der Waals surface area contributed by atoms with Crippen molar-refractivity contribution in [2.24, 2.45) is 0 Å². The first kappa shape index (κ1) is 18.8. The first-order chi connectivity index (χ1) is 12.1. The average molecular weight is 341 g/mol. The fraction of sp³-hybridized carbons (Fsp3) is 0.333. The summed E-state index contributed by atoms with van der Waals surface area (Å²) in [6.45, 7) is 5.01. The van der Waals surface area contributed by atoms with Crippen LogP contribution in [0.25, 0.3) is 0 Å². The molecule has 0 spiro atoms. The van der Waals surface area contributed by atoms with Crippen molar-refractivity contribution in [3.63, 3.8) is 0 Å². The minimum atomic E-state index is -0.852. The van der Waals surface area contributed by atoms with Crippen LogP contribution >= 0.6 is 0 Å². The van der Waals surface area contributed by atoms with Crippen molar-refractivity contribution in [2.75, 3.05) is 6.61 Å². The number of carboxylic acids is 1. The Morgan fingerprint density at radius 1 is 1.08 bits per heavy atom. The lowest BCUT2D eigenvalue weighted by Crippen LogP contribution is -2.07. The Labute approximate surface area is 149 Å². The zero-order chi connectivity index (χ0) is 18.1. The fourth-order valence-corrected chi connectivity index (χ4v) is 2.46. The summed E-state index contributed by atoms with van der Waals surface area (Å²) in [4.78, 5) is 11.0. The van der Waals surface area contributed by atoms with Crippen molar-refractivity contribution < 1.29 is 19.4 Å². The third kappa shape index (κ3) is 6.14. The summed E-state index contributed by atoms with van der Waals surface area (Å²) in [5, 5.41) is 9.06. The standard InChI is InChI=1S/C21H25O4/c1-3-4-12-24-18-10-11-19(16(2)13-21(22)23)20(14-18)25-15-17-8-6-5-7-9-17/h5-11,14H,3-4,12-13,15H2,1-2H3,(H,22,23). The number of rotatable bonds is 10. The van der Waals surface area contributed by atoms with Gasteiger partial charge in [-0.15, -0.1) is 0 Å². The molecule has 0 heterocycles. The molecule has 0 amide bonds. The summed E-state index contributed by atoms with van der Waals surface area (Å²) in [7, 11) is 0. The molecule has 0 aliphatic carbocycles. The molecule has 0 saturated carbocycles. The molecule has 0 aromatic heterocycles. The van der Waals surface area contributed by atoms with E-state index >= 15 is 0 Å². The molecule has 2 aromatic carbocycles. The Morgan fingerprint density at radius 3 is 2.52 bits per heavy atom. The highest BCUT2D eigenvalue weighted by molar-refractivity contribution is 5.71. The molecule has 0 aliphatic heterocycles. The zero-order valence-corrected chi connectivity index (χ0v) is 14.8. The molecule has 1 N–H and O–H groups in total. The van der Waals surface area contributed by atoms with Gasteiger partial charge in [-0.3, -0.25) is 4.79 Å². The number of unbranched alkanes of at least 4 members (excludes halogenated alkanes) is 1. The Morgan fingerprint density at radius 2 is 1.84 bits per heavy atom. The minimum absolute atomic E-state index is 0.0161. The monoisotopic (exact) mass is 341 g/mol. The second-order valence-corrected chi connectivity index (χ2v) is 5.99. The van der Waals surface area contributed by atoms with Gasteiger partial charge in [0.2, 0.25) is 0 Å². The first-order valence-corrected chi connectivity index (χ1v) is 8.58. The number of hydrogen-bond donors (Lipinski definition) is 1. The Kier molecular flexibility index (Phi) is 7.33. The van der Waals surface area contributed by atoms with Gasteiger partial charge >= 0.3 is 5.97 Å². The van der Waals surface area contributed by atoms with Crippen LogP contribution in [0.1, 0.15) is 44.2 Å². The maximum Gasteiger partial charge on any atom is 0.304 e. The summed E-state index contributed by atoms with van der Waals surface area (Å²) < 4.78 is 11.7. The van der Waals surface area contributed by atoms with E-state index in [-0.39, 0.29) is 6.42 Å². The van der Waals surface area contributed by atoms with Gasteiger partial charge in [0.15, 0.2) is 0 Å². The lowest BCUT2D eigenvalue weighted by Gasteiger charge is -2.17. The van der Waals surface area contributed by atoms with Crippen molar-refractivity contribution in [2.45, 2.75) is 39.7 Å². The van der Waals surface area contributed by atoms with Crippen molar-refractivity contribution in [3.05, 3.63) is 65.6 Å². The van der Waals surface area contributed by atoms with Crippen molar-refractivity contribution in [1.29, 1.82) is 0 Å². The van der Waals surface area contributed by atoms with Crippen LogP contribution in [0.5, 0.6) is 11.5 Å². The fourth-order valence-electron chi connectivity index (χ4n) is 2.46. The quantitative estimate of drug-likeness (QED) is 0.627. The molecule has 133 valence electrons. The van der Waals surface area contributed by atoms with Crippen molar-refractivity contribution in [3.8, 4) is 11.5 Å². The number of hydrogen-bond acceptors (Lipinski definition) is 3. The molecule has 0 fully saturated rings. The van der Waals surface area contributed by atoms with E-state index in [1.807, 2.05) is 55.5 Å². The van der Waals surface area contributed by atoms with Gasteiger partial charge < -0.3 is 14.6 Å². The number of benzene rings is 2. The largest absolute Gasteiger partial charge is 0.493 e. The summed E-state index contributed by atoms with van der Waals surface area (Å²) in [5.41, 5.74) is 1.86. The molecule has 2 aromatic rings. The molecular weight excluding hydrogens is 316 g/mol. The summed E-state index contributed by atoms with van der Waals surface area (Å²) in [6.07, 6.45) is 2.05. The van der Waals surface area contributed by atoms with E-state index in [1.165, 1.54) is 0 Å². The minimum Gasteiger partial charge on any atom is -0.493 e. The van der Waals surface area contributed by atoms with E-state index in [0.29, 0.717) is 19.0 Å². The maximum absolute atomic E-state index is 11.0. The normalized spacial score (nSPS) is 10.7. The van der Waals surface area contributed by atoms with Gasteiger partial charge in [-0.2, -0.15) is 0 Å². The molecule has 1 radical (unpaired) electrons. The third-order valence-corrected chi connectivity index (χ3v) is 3.83. The van der Waals surface area contributed by atoms with Gasteiger partial charge in [-0.05, 0) is 18.1 Å². The van der Waals surface area contributed by atoms with Gasteiger partial charge in [0.1, 0.15) is 18.1 Å². The lowest BCUT2D eigenvalue weighted by atomic mass is 9.96. The number of carboxylic acid groups (broad SMARTS) is 1. The number of carbonyl (C=O) groups is 1. The van der Waals surface area contributed by atoms with E-state index in [9.17, 15) is 4.79 Å². The Bertz CT molecular complexity index is 667. The molecule has 0 saturated heterocycles. The van der Waals surface area contributed by atoms with E-state index in [1.54, 1.807) is 0 Å². The Balaban J connectivity index is 2.17. The predicted molar refractivity (Wildman–Crippen MR) is 97.9 cm³/mol. The molecule has 4 nitrogen and oxygen atoms in total. The van der Waals surface area contributed by atoms with E-state index in [4.69, 9.17) is 14.6 Å². The van der Waals surface area contributed by atoms with Crippen molar-refractivity contribution >= 4 is 5.97 Å². The summed E-state index contributed by atoms with van der Waals surface area (Å²) in [5.74, 6) is 1.30. The zero-order valence-electron chi connectivity index (χ0n) is 14.8. The van der Waals surface area contributed by atoms with Crippen LogP contribution in [0.15, 0.2) is 48.5 Å². The molecule has 0 atom stereocenters. The topological polar surface area (TPSA) is 55.8 Å². The maximum atomic E-state index is 11.0. The highest BCUT2D eigenvalue weighted by atomic mass is 16.5. The molecule has 0 unspecified atom stereocenters. The average Bonchev–Trinajstić information content (AvgIpc) is 2.60. The van der Waals surface area contributed by atoms with Crippen LogP contribution in [-0.2, 0) is 11.4 Å². The van der Waals surface area contributed by atoms with Gasteiger partial charge in [0.05, 0.1) is 13.0 Å². The highest BCUT2D eigenvalue weighted by Gasteiger charge is 2.17. The number of aliphatic carboxylic acids is 1. The van der Waals surface area contributed by atoms with Gasteiger partial charge in [-0.25, -0.2) is 0 Å². The summed E-state index contributed by atoms with van der Waals surface area (Å²) in [6, 6.07) is 15.5. The smallest absolute Gasteiger partial charge is 0.304 e. The van der Waals surface area contributed by atoms with Crippen LogP contribution in [0, 0.1) is 5.92 Å². The van der Waals surface area contributed by atoms with E-state index in [0.717, 1.165) is 35.6 Å². The second kappa shape index (κ2) is 9.72. The highest BCUT2D eigenvalue weighted by Crippen LogP contribution is 2.32. The molecule has 4 heteroatoms. The van der Waals surface area contributed by atoms with Crippen LogP contribution in [0.3, 0.4) is 0 Å². The molecule has 0 aliphatic rings. The Hall–Kier alpha value is -2.49. The SMILES string of the molecule is CCCCOc1ccc([C](C)CC(=O)O)c(OCc2ccccc2)c1. The molecule has 25 heavy (non-hydrogen) atoms. The van der Waals surface area contributed by atoms with E-state index in [2.05, 4.69) is 6.92 Å². The third-order valence-electron chi connectivity index (χ3n) is 3.83.